The number of ether oxygens (including phenoxy) is 4. The minimum atomic E-state index is -0.929. The first kappa shape index (κ1) is 45.4. The van der Waals surface area contributed by atoms with Gasteiger partial charge in [-0.2, -0.15) is 0 Å². The fourth-order valence-electron chi connectivity index (χ4n) is 7.67. The number of carbonyl (C=O) groups is 3. The summed E-state index contributed by atoms with van der Waals surface area (Å²) in [7, 11) is 0. The topological polar surface area (TPSA) is 138 Å². The summed E-state index contributed by atoms with van der Waals surface area (Å²) in [4.78, 5) is 45.3. The number of carbonyl (C=O) groups excluding carboxylic acids is 3. The van der Waals surface area contributed by atoms with Gasteiger partial charge in [0.1, 0.15) is 54.2 Å². The molecule has 11 nitrogen and oxygen atoms in total. The quantitative estimate of drug-likeness (QED) is 0.0384. The van der Waals surface area contributed by atoms with E-state index < -0.39 is 17.6 Å². The normalized spacial score (nSPS) is 12.2. The zero-order valence-electron chi connectivity index (χ0n) is 36.2. The predicted octanol–water partition coefficient (Wildman–Crippen LogP) is 12.0. The Balaban J connectivity index is 0.689. The highest BCUT2D eigenvalue weighted by atomic mass is 35.5. The fourth-order valence-corrected chi connectivity index (χ4v) is 7.91. The molecule has 2 amide bonds. The number of aromatic nitrogens is 2. The molecule has 0 fully saturated rings. The monoisotopic (exact) mass is 906 g/mol. The molecule has 0 spiro atoms. The number of halogens is 2. The van der Waals surface area contributed by atoms with Crippen LogP contribution in [0.1, 0.15) is 76.8 Å². The number of nitrogens with one attached hydrogen (secondary N) is 2. The van der Waals surface area contributed by atoms with Crippen LogP contribution in [-0.4, -0.2) is 47.4 Å². The van der Waals surface area contributed by atoms with Gasteiger partial charge < -0.3 is 24.3 Å². The van der Waals surface area contributed by atoms with Crippen molar-refractivity contribution in [3.63, 3.8) is 0 Å². The molecule has 1 aliphatic heterocycles. The zero-order valence-corrected chi connectivity index (χ0v) is 37.0. The minimum Gasteiger partial charge on any atom is -0.491 e. The second-order valence-corrected chi connectivity index (χ2v) is 16.3. The number of fused-ring (bicyclic) bond motifs is 2. The maximum absolute atomic E-state index is 13.6. The van der Waals surface area contributed by atoms with Gasteiger partial charge in [-0.1, -0.05) is 92.2 Å². The van der Waals surface area contributed by atoms with E-state index in [1.807, 2.05) is 66.7 Å². The van der Waals surface area contributed by atoms with Crippen molar-refractivity contribution in [1.82, 2.24) is 15.3 Å². The van der Waals surface area contributed by atoms with Crippen LogP contribution in [0, 0.1) is 5.82 Å². The predicted molar refractivity (Wildman–Crippen MR) is 253 cm³/mol. The van der Waals surface area contributed by atoms with E-state index in [2.05, 4.69) is 26.7 Å². The van der Waals surface area contributed by atoms with Crippen LogP contribution in [0.5, 0.6) is 23.0 Å². The van der Waals surface area contributed by atoms with Gasteiger partial charge >= 0.3 is 0 Å². The third-order valence-corrected chi connectivity index (χ3v) is 11.4. The Bertz CT molecular complexity index is 2820. The van der Waals surface area contributed by atoms with Gasteiger partial charge in [-0.3, -0.25) is 19.7 Å². The molecule has 1 aromatic heterocycles. The summed E-state index contributed by atoms with van der Waals surface area (Å²) >= 11 is 6.55. The van der Waals surface area contributed by atoms with Crippen LogP contribution in [0.2, 0.25) is 5.02 Å². The van der Waals surface area contributed by atoms with Crippen LogP contribution in [0.3, 0.4) is 0 Å². The average molecular weight is 907 g/mol. The molecular weight excluding hydrogens is 859 g/mol. The number of rotatable bonds is 22. The molecule has 0 saturated carbocycles. The van der Waals surface area contributed by atoms with Crippen molar-refractivity contribution >= 4 is 51.6 Å². The van der Waals surface area contributed by atoms with Crippen LogP contribution in [0.15, 0.2) is 134 Å². The van der Waals surface area contributed by atoms with E-state index in [4.69, 9.17) is 30.5 Å². The van der Waals surface area contributed by atoms with Gasteiger partial charge in [0.15, 0.2) is 0 Å². The van der Waals surface area contributed by atoms with Crippen molar-refractivity contribution in [2.45, 2.75) is 58.0 Å². The van der Waals surface area contributed by atoms with Crippen LogP contribution >= 0.6 is 11.6 Å². The van der Waals surface area contributed by atoms with E-state index in [9.17, 15) is 18.8 Å². The van der Waals surface area contributed by atoms with Crippen molar-refractivity contribution in [1.29, 1.82) is 0 Å². The van der Waals surface area contributed by atoms with E-state index in [0.717, 1.165) is 65.6 Å². The van der Waals surface area contributed by atoms with Crippen molar-refractivity contribution in [2.24, 2.45) is 0 Å². The van der Waals surface area contributed by atoms with Gasteiger partial charge in [0, 0.05) is 23.2 Å². The Morgan fingerprint density at radius 1 is 0.621 bits per heavy atom. The lowest BCUT2D eigenvalue weighted by Crippen LogP contribution is -2.42. The van der Waals surface area contributed by atoms with E-state index in [0.29, 0.717) is 47.7 Å². The number of anilines is 2. The Hall–Kier alpha value is -7.15. The maximum Gasteiger partial charge on any atom is 0.299 e. The summed E-state index contributed by atoms with van der Waals surface area (Å²) < 4.78 is 37.1. The Labute approximate surface area is 387 Å². The Kier molecular flexibility index (Phi) is 15.3. The molecule has 1 aliphatic rings. The van der Waals surface area contributed by atoms with Gasteiger partial charge in [0.25, 0.3) is 17.6 Å². The van der Waals surface area contributed by atoms with E-state index in [1.54, 1.807) is 36.4 Å². The van der Waals surface area contributed by atoms with Gasteiger partial charge in [-0.15, -0.1) is 0 Å². The number of amides is 2. The van der Waals surface area contributed by atoms with Crippen LogP contribution < -0.4 is 24.8 Å². The van der Waals surface area contributed by atoms with Crippen LogP contribution in [0.25, 0.3) is 22.0 Å². The first-order valence-electron chi connectivity index (χ1n) is 22.1. The smallest absolute Gasteiger partial charge is 0.299 e. The molecule has 0 unspecified atom stereocenters. The SMILES string of the molecule is O=C1NC(=O)c2c(Oc3ccc(CCCCCCCCCOCCOc4ccc(-c5ccc6ncnc(Nc7ccc(OCc8cccc(F)c8)c(Cl)c7)c6c5)cc4)cc3)cccc2C1=O. The van der Waals surface area contributed by atoms with Crippen molar-refractivity contribution in [3.8, 4) is 34.1 Å². The van der Waals surface area contributed by atoms with Gasteiger partial charge in [0.2, 0.25) is 0 Å². The molecule has 6 aromatic carbocycles. The molecule has 13 heteroatoms. The molecular formula is C53H48ClFN4O7. The number of hydrogen-bond donors (Lipinski definition) is 2. The van der Waals surface area contributed by atoms with Crippen molar-refractivity contribution < 1.29 is 37.7 Å². The summed E-state index contributed by atoms with van der Waals surface area (Å²) in [6, 6.07) is 38.1. The molecule has 8 rings (SSSR count). The van der Waals surface area contributed by atoms with Crippen molar-refractivity contribution in [2.75, 3.05) is 25.1 Å². The number of nitrogens with zero attached hydrogens (tertiary/aromatic N) is 2. The summed E-state index contributed by atoms with van der Waals surface area (Å²) in [6.45, 7) is 1.91. The molecule has 0 radical (unpaired) electrons. The third-order valence-electron chi connectivity index (χ3n) is 11.1. The van der Waals surface area contributed by atoms with Gasteiger partial charge in [0.05, 0.1) is 22.7 Å². The minimum absolute atomic E-state index is 0.0513. The molecule has 336 valence electrons. The molecule has 0 aliphatic carbocycles. The molecule has 0 atom stereocenters. The number of ketones is 1. The van der Waals surface area contributed by atoms with Crippen LogP contribution in [0.4, 0.5) is 15.9 Å². The maximum atomic E-state index is 13.6. The van der Waals surface area contributed by atoms with Crippen molar-refractivity contribution in [3.05, 3.63) is 167 Å². The highest BCUT2D eigenvalue weighted by Crippen LogP contribution is 2.34. The molecule has 2 N–H and O–H groups in total. The number of unbranched alkanes of at least 4 members (excludes halogenated alkanes) is 6. The second kappa shape index (κ2) is 22.2. The Morgan fingerprint density at radius 3 is 2.18 bits per heavy atom. The number of hydrogen-bond acceptors (Lipinski definition) is 10. The summed E-state index contributed by atoms with van der Waals surface area (Å²) in [5.74, 6) is 0.0560. The fraction of sp³-hybridized carbons (Fsp3) is 0.226. The molecule has 7 aromatic rings. The highest BCUT2D eigenvalue weighted by molar-refractivity contribution is 6.49. The molecule has 66 heavy (non-hydrogen) atoms. The lowest BCUT2D eigenvalue weighted by molar-refractivity contribution is -0.116. The summed E-state index contributed by atoms with van der Waals surface area (Å²) in [5, 5.41) is 6.70. The number of Topliss-reactive ketones (excluding diaryl/α,β-unsaturated/α-hetero) is 1. The van der Waals surface area contributed by atoms with E-state index in [1.165, 1.54) is 49.4 Å². The Morgan fingerprint density at radius 2 is 1.38 bits per heavy atom. The average Bonchev–Trinajstić information content (AvgIpc) is 3.32. The van der Waals surface area contributed by atoms with Gasteiger partial charge in [-0.25, -0.2) is 14.4 Å². The summed E-state index contributed by atoms with van der Waals surface area (Å²) in [5.41, 5.74) is 5.60. The molecule has 0 bridgehead atoms. The van der Waals surface area contributed by atoms with E-state index >= 15 is 0 Å². The number of imide groups is 1. The highest BCUT2D eigenvalue weighted by Gasteiger charge is 2.33. The number of aryl methyl sites for hydroxylation is 1. The van der Waals surface area contributed by atoms with E-state index in [-0.39, 0.29) is 29.3 Å². The largest absolute Gasteiger partial charge is 0.491 e. The lowest BCUT2D eigenvalue weighted by Gasteiger charge is -2.17. The molecule has 0 saturated heterocycles. The standard InChI is InChI=1S/C53H48ClFN4O7/c54-45-32-40(20-26-47(45)65-33-36-11-8-12-39(55)30-36)58-51-44-31-38(19-25-46(44)56-34-57-51)37-17-23-41(24-18-37)64-29-28-63-27-7-5-3-1-2-4-6-10-35-15-21-42(22-16-35)66-48-14-9-13-43-49(48)52(61)59-53(62)50(43)60/h8-9,11-26,30-32,34H,1-7,10,27-29,33H2,(H,56,57,58)(H,59,61,62). The summed E-state index contributed by atoms with van der Waals surface area (Å²) in [6.07, 6.45) is 10.5. The lowest BCUT2D eigenvalue weighted by atomic mass is 9.98. The van der Waals surface area contributed by atoms with Gasteiger partial charge in [-0.05, 0) is 120 Å². The number of benzene rings is 6. The second-order valence-electron chi connectivity index (χ2n) is 15.9. The zero-order chi connectivity index (χ0) is 45.7. The molecule has 2 heterocycles. The van der Waals surface area contributed by atoms with Crippen LogP contribution in [-0.2, 0) is 22.6 Å². The first-order chi connectivity index (χ1) is 32.3. The third kappa shape index (κ3) is 11.9. The first-order valence-corrected chi connectivity index (χ1v) is 22.4.